The summed E-state index contributed by atoms with van der Waals surface area (Å²) in [5.74, 6) is 1.78. The number of aromatic nitrogens is 2. The first-order valence-electron chi connectivity index (χ1n) is 5.47. The molecule has 1 aromatic heterocycles. The molecule has 0 fully saturated rings. The number of fused-ring (bicyclic) bond motifs is 1. The van der Waals surface area contributed by atoms with Crippen molar-refractivity contribution in [1.82, 2.24) is 9.55 Å². The molecule has 2 aromatic rings. The highest BCUT2D eigenvalue weighted by atomic mass is 35.5. The predicted octanol–water partition coefficient (Wildman–Crippen LogP) is 3.88. The molecule has 0 radical (unpaired) electrons. The summed E-state index contributed by atoms with van der Waals surface area (Å²) in [6.07, 6.45) is 1.89. The maximum absolute atomic E-state index is 5.96. The first-order chi connectivity index (χ1) is 7.76. The molecule has 0 aliphatic heterocycles. The van der Waals surface area contributed by atoms with Gasteiger partial charge < -0.3 is 4.57 Å². The predicted molar refractivity (Wildman–Crippen MR) is 69.5 cm³/mol. The monoisotopic (exact) mass is 256 g/mol. The molecule has 2 nitrogen and oxygen atoms in total. The lowest BCUT2D eigenvalue weighted by Gasteiger charge is -2.06. The summed E-state index contributed by atoms with van der Waals surface area (Å²) in [6.45, 7) is 3.03. The fraction of sp³-hybridized carbons (Fsp3) is 0.417. The zero-order chi connectivity index (χ0) is 11.5. The van der Waals surface area contributed by atoms with Gasteiger partial charge in [-0.25, -0.2) is 4.98 Å². The molecule has 2 rings (SSSR count). The van der Waals surface area contributed by atoms with Crippen LogP contribution in [0.25, 0.3) is 11.0 Å². The van der Waals surface area contributed by atoms with E-state index >= 15 is 0 Å². The third kappa shape index (κ3) is 2.18. The number of nitrogens with zero attached hydrogens (tertiary/aromatic N) is 2. The van der Waals surface area contributed by atoms with E-state index in [0.717, 1.165) is 41.3 Å². The van der Waals surface area contributed by atoms with Gasteiger partial charge in [0.05, 0.1) is 11.0 Å². The zero-order valence-electron chi connectivity index (χ0n) is 9.21. The molecule has 0 saturated carbocycles. The van der Waals surface area contributed by atoms with Crippen LogP contribution in [0.2, 0.25) is 5.02 Å². The van der Waals surface area contributed by atoms with Gasteiger partial charge in [0.1, 0.15) is 5.82 Å². The number of aryl methyl sites for hydroxylation is 2. The van der Waals surface area contributed by atoms with Crippen LogP contribution in [0, 0.1) is 0 Å². The number of hydrogen-bond acceptors (Lipinski definition) is 1. The number of imidazole rings is 1. The minimum absolute atomic E-state index is 0.677. The van der Waals surface area contributed by atoms with E-state index in [0.29, 0.717) is 5.88 Å². The van der Waals surface area contributed by atoms with Gasteiger partial charge in [-0.15, -0.1) is 11.6 Å². The first kappa shape index (κ1) is 11.7. The third-order valence-electron chi connectivity index (χ3n) is 2.62. The summed E-state index contributed by atoms with van der Waals surface area (Å²) in [7, 11) is 0. The van der Waals surface area contributed by atoms with Crippen molar-refractivity contribution in [3.05, 3.63) is 29.0 Å². The molecule has 0 amide bonds. The Morgan fingerprint density at radius 3 is 2.88 bits per heavy atom. The summed E-state index contributed by atoms with van der Waals surface area (Å²) < 4.78 is 2.23. The van der Waals surface area contributed by atoms with Crippen LogP contribution in [0.4, 0.5) is 0 Å². The molecule has 0 spiro atoms. The second-order valence-electron chi connectivity index (χ2n) is 3.71. The summed E-state index contributed by atoms with van der Waals surface area (Å²) in [5.41, 5.74) is 2.12. The van der Waals surface area contributed by atoms with Crippen LogP contribution in [0.3, 0.4) is 0 Å². The molecular weight excluding hydrogens is 243 g/mol. The summed E-state index contributed by atoms with van der Waals surface area (Å²) in [4.78, 5) is 4.58. The average molecular weight is 257 g/mol. The maximum Gasteiger partial charge on any atom is 0.109 e. The molecule has 4 heteroatoms. The van der Waals surface area contributed by atoms with E-state index < -0.39 is 0 Å². The van der Waals surface area contributed by atoms with Gasteiger partial charge in [-0.1, -0.05) is 18.5 Å². The Labute approximate surface area is 105 Å². The molecule has 1 heterocycles. The van der Waals surface area contributed by atoms with Gasteiger partial charge in [0.15, 0.2) is 0 Å². The van der Waals surface area contributed by atoms with E-state index in [2.05, 4.69) is 16.5 Å². The van der Waals surface area contributed by atoms with Crippen LogP contribution >= 0.6 is 23.2 Å². The molecule has 0 saturated heterocycles. The molecule has 0 atom stereocenters. The van der Waals surface area contributed by atoms with Gasteiger partial charge in [0.25, 0.3) is 0 Å². The van der Waals surface area contributed by atoms with Crippen LogP contribution in [-0.2, 0) is 13.0 Å². The molecule has 0 aliphatic rings. The molecule has 16 heavy (non-hydrogen) atoms. The molecule has 1 aromatic carbocycles. The lowest BCUT2D eigenvalue weighted by Crippen LogP contribution is -2.03. The van der Waals surface area contributed by atoms with Gasteiger partial charge in [-0.3, -0.25) is 0 Å². The highest BCUT2D eigenvalue weighted by molar-refractivity contribution is 6.31. The number of hydrogen-bond donors (Lipinski definition) is 0. The van der Waals surface area contributed by atoms with Gasteiger partial charge in [-0.05, 0) is 24.6 Å². The fourth-order valence-corrected chi connectivity index (χ4v) is 2.18. The lowest BCUT2D eigenvalue weighted by molar-refractivity contribution is 0.662. The smallest absolute Gasteiger partial charge is 0.109 e. The zero-order valence-corrected chi connectivity index (χ0v) is 10.7. The quantitative estimate of drug-likeness (QED) is 0.760. The average Bonchev–Trinajstić information content (AvgIpc) is 2.63. The number of benzene rings is 1. The van der Waals surface area contributed by atoms with Gasteiger partial charge in [-0.2, -0.15) is 0 Å². The Kier molecular flexibility index (Phi) is 3.72. The van der Waals surface area contributed by atoms with E-state index in [1.54, 1.807) is 0 Å². The van der Waals surface area contributed by atoms with Crippen molar-refractivity contribution in [2.75, 3.05) is 5.88 Å². The second-order valence-corrected chi connectivity index (χ2v) is 4.52. The maximum atomic E-state index is 5.96. The van der Waals surface area contributed by atoms with Crippen molar-refractivity contribution in [3.63, 3.8) is 0 Å². The van der Waals surface area contributed by atoms with Gasteiger partial charge >= 0.3 is 0 Å². The van der Waals surface area contributed by atoms with Crippen LogP contribution in [-0.4, -0.2) is 15.4 Å². The van der Waals surface area contributed by atoms with Gasteiger partial charge in [0, 0.05) is 23.9 Å². The molecule has 0 N–H and O–H groups in total. The third-order valence-corrected chi connectivity index (χ3v) is 3.12. The van der Waals surface area contributed by atoms with Crippen molar-refractivity contribution in [1.29, 1.82) is 0 Å². The van der Waals surface area contributed by atoms with Crippen LogP contribution in [0.1, 0.15) is 19.2 Å². The van der Waals surface area contributed by atoms with Crippen LogP contribution < -0.4 is 0 Å². The number of halogens is 2. The Hall–Kier alpha value is -0.730. The van der Waals surface area contributed by atoms with E-state index in [9.17, 15) is 0 Å². The SMILES string of the molecule is CCc1nc2cc(Cl)ccc2n1CCCCl. The Bertz CT molecular complexity index is 491. The van der Waals surface area contributed by atoms with E-state index in [4.69, 9.17) is 23.2 Å². The highest BCUT2D eigenvalue weighted by Crippen LogP contribution is 2.21. The molecular formula is C12H14Cl2N2. The Balaban J connectivity index is 2.50. The number of alkyl halides is 1. The minimum Gasteiger partial charge on any atom is -0.328 e. The van der Waals surface area contributed by atoms with Crippen molar-refractivity contribution in [2.45, 2.75) is 26.3 Å². The van der Waals surface area contributed by atoms with Crippen LogP contribution in [0.15, 0.2) is 18.2 Å². The standard InChI is InChI=1S/C12H14Cl2N2/c1-2-12-15-10-8-9(14)4-5-11(10)16(12)7-3-6-13/h4-5,8H,2-3,6-7H2,1H3. The van der Waals surface area contributed by atoms with Crippen LogP contribution in [0.5, 0.6) is 0 Å². The number of rotatable bonds is 4. The summed E-state index contributed by atoms with van der Waals surface area (Å²) in [6, 6.07) is 5.84. The first-order valence-corrected chi connectivity index (χ1v) is 6.38. The highest BCUT2D eigenvalue weighted by Gasteiger charge is 2.08. The minimum atomic E-state index is 0.677. The van der Waals surface area contributed by atoms with Crippen molar-refractivity contribution >= 4 is 34.2 Å². The fourth-order valence-electron chi connectivity index (χ4n) is 1.89. The van der Waals surface area contributed by atoms with Crippen molar-refractivity contribution in [2.24, 2.45) is 0 Å². The summed E-state index contributed by atoms with van der Waals surface area (Å²) >= 11 is 11.7. The topological polar surface area (TPSA) is 17.8 Å². The van der Waals surface area contributed by atoms with E-state index in [1.807, 2.05) is 18.2 Å². The normalized spacial score (nSPS) is 11.2. The largest absolute Gasteiger partial charge is 0.328 e. The lowest BCUT2D eigenvalue weighted by atomic mass is 10.3. The molecule has 0 aliphatic carbocycles. The van der Waals surface area contributed by atoms with Crippen molar-refractivity contribution in [3.8, 4) is 0 Å². The van der Waals surface area contributed by atoms with Crippen molar-refractivity contribution < 1.29 is 0 Å². The van der Waals surface area contributed by atoms with E-state index in [-0.39, 0.29) is 0 Å². The van der Waals surface area contributed by atoms with Gasteiger partial charge in [0.2, 0.25) is 0 Å². The Morgan fingerprint density at radius 1 is 1.38 bits per heavy atom. The second kappa shape index (κ2) is 5.07. The van der Waals surface area contributed by atoms with E-state index in [1.165, 1.54) is 0 Å². The molecule has 0 bridgehead atoms. The Morgan fingerprint density at radius 2 is 2.19 bits per heavy atom. The molecule has 0 unspecified atom stereocenters. The summed E-state index contributed by atoms with van der Waals surface area (Å²) in [5, 5.41) is 0.733. The molecule has 86 valence electrons.